The Morgan fingerprint density at radius 2 is 2.25 bits per heavy atom. The first-order chi connectivity index (χ1) is 5.74. The monoisotopic (exact) mass is 167 g/mol. The van der Waals surface area contributed by atoms with E-state index in [1.165, 1.54) is 19.4 Å². The summed E-state index contributed by atoms with van der Waals surface area (Å²) >= 11 is 0. The lowest BCUT2D eigenvalue weighted by Gasteiger charge is -1.96. The van der Waals surface area contributed by atoms with Crippen LogP contribution >= 0.6 is 0 Å². The Morgan fingerprint density at radius 1 is 1.50 bits per heavy atom. The molecule has 0 saturated carbocycles. The van der Waals surface area contributed by atoms with Crippen molar-refractivity contribution in [3.8, 4) is 0 Å². The third kappa shape index (κ3) is 2.05. The standard InChI is InChI=1S/C9H10FNO/c1-7-5-8(6-11-12-2)3-4-9(7)10/h3-6H,1-2H3/b11-6+. The maximum absolute atomic E-state index is 12.7. The number of hydrogen-bond acceptors (Lipinski definition) is 2. The van der Waals surface area contributed by atoms with Gasteiger partial charge in [0.15, 0.2) is 0 Å². The number of rotatable bonds is 2. The molecule has 0 N–H and O–H groups in total. The van der Waals surface area contributed by atoms with E-state index in [0.29, 0.717) is 5.56 Å². The molecule has 1 aromatic rings. The fourth-order valence-corrected chi connectivity index (χ4v) is 0.862. The minimum absolute atomic E-state index is 0.204. The van der Waals surface area contributed by atoms with E-state index in [4.69, 9.17) is 0 Å². The van der Waals surface area contributed by atoms with Crippen LogP contribution in [-0.4, -0.2) is 13.3 Å². The molecule has 0 unspecified atom stereocenters. The zero-order valence-electron chi connectivity index (χ0n) is 7.04. The number of hydrogen-bond donors (Lipinski definition) is 0. The van der Waals surface area contributed by atoms with Crippen LogP contribution in [0.1, 0.15) is 11.1 Å². The van der Waals surface area contributed by atoms with E-state index in [1.54, 1.807) is 19.1 Å². The summed E-state index contributed by atoms with van der Waals surface area (Å²) in [5.41, 5.74) is 1.44. The summed E-state index contributed by atoms with van der Waals surface area (Å²) in [6, 6.07) is 4.76. The molecule has 0 heterocycles. The third-order valence-electron chi connectivity index (χ3n) is 1.49. The summed E-state index contributed by atoms with van der Waals surface area (Å²) in [4.78, 5) is 4.49. The Morgan fingerprint density at radius 3 is 2.83 bits per heavy atom. The fraction of sp³-hybridized carbons (Fsp3) is 0.222. The van der Waals surface area contributed by atoms with Gasteiger partial charge in [-0.3, -0.25) is 0 Å². The number of halogens is 1. The molecule has 2 nitrogen and oxygen atoms in total. The fourth-order valence-electron chi connectivity index (χ4n) is 0.862. The van der Waals surface area contributed by atoms with Gasteiger partial charge in [-0.05, 0) is 30.2 Å². The van der Waals surface area contributed by atoms with Crippen molar-refractivity contribution in [2.24, 2.45) is 5.16 Å². The van der Waals surface area contributed by atoms with Gasteiger partial charge in [0.05, 0.1) is 6.21 Å². The highest BCUT2D eigenvalue weighted by Gasteiger charge is 1.95. The van der Waals surface area contributed by atoms with Crippen LogP contribution in [0.3, 0.4) is 0 Å². The van der Waals surface area contributed by atoms with E-state index in [1.807, 2.05) is 0 Å². The molecular formula is C9H10FNO. The Kier molecular flexibility index (Phi) is 2.80. The Hall–Kier alpha value is -1.38. The molecule has 12 heavy (non-hydrogen) atoms. The molecule has 1 rings (SSSR count). The summed E-state index contributed by atoms with van der Waals surface area (Å²) in [6.07, 6.45) is 1.53. The predicted molar refractivity (Wildman–Crippen MR) is 45.7 cm³/mol. The number of aryl methyl sites for hydroxylation is 1. The average molecular weight is 167 g/mol. The van der Waals surface area contributed by atoms with Crippen LogP contribution in [0.15, 0.2) is 23.4 Å². The molecule has 0 aliphatic rings. The van der Waals surface area contributed by atoms with Gasteiger partial charge in [0.1, 0.15) is 12.9 Å². The minimum Gasteiger partial charge on any atom is -0.399 e. The maximum Gasteiger partial charge on any atom is 0.126 e. The van der Waals surface area contributed by atoms with E-state index in [-0.39, 0.29) is 5.82 Å². The molecule has 0 aliphatic carbocycles. The second-order valence-corrected chi connectivity index (χ2v) is 2.43. The molecule has 0 aliphatic heterocycles. The van der Waals surface area contributed by atoms with Gasteiger partial charge in [-0.25, -0.2) is 4.39 Å². The molecule has 1 aromatic carbocycles. The highest BCUT2D eigenvalue weighted by atomic mass is 19.1. The van der Waals surface area contributed by atoms with Gasteiger partial charge in [-0.2, -0.15) is 0 Å². The van der Waals surface area contributed by atoms with E-state index in [9.17, 15) is 4.39 Å². The van der Waals surface area contributed by atoms with E-state index >= 15 is 0 Å². The van der Waals surface area contributed by atoms with Gasteiger partial charge in [0, 0.05) is 0 Å². The summed E-state index contributed by atoms with van der Waals surface area (Å²) in [5.74, 6) is -0.204. The van der Waals surface area contributed by atoms with Gasteiger partial charge in [-0.15, -0.1) is 0 Å². The first-order valence-corrected chi connectivity index (χ1v) is 3.56. The van der Waals surface area contributed by atoms with Crippen LogP contribution in [0, 0.1) is 12.7 Å². The van der Waals surface area contributed by atoms with Crippen LogP contribution < -0.4 is 0 Å². The lowest BCUT2D eigenvalue weighted by molar-refractivity contribution is 0.215. The molecule has 0 aromatic heterocycles. The molecule has 0 saturated heterocycles. The van der Waals surface area contributed by atoms with Gasteiger partial charge >= 0.3 is 0 Å². The van der Waals surface area contributed by atoms with Crippen molar-refractivity contribution in [1.29, 1.82) is 0 Å². The van der Waals surface area contributed by atoms with Crippen molar-refractivity contribution in [3.63, 3.8) is 0 Å². The molecular weight excluding hydrogens is 157 g/mol. The summed E-state index contributed by atoms with van der Waals surface area (Å²) < 4.78 is 12.7. The first kappa shape index (κ1) is 8.71. The van der Waals surface area contributed by atoms with E-state index < -0.39 is 0 Å². The van der Waals surface area contributed by atoms with Crippen LogP contribution in [0.2, 0.25) is 0 Å². The number of nitrogens with zero attached hydrogens (tertiary/aromatic N) is 1. The van der Waals surface area contributed by atoms with E-state index in [0.717, 1.165) is 5.56 Å². The summed E-state index contributed by atoms with van der Waals surface area (Å²) in [6.45, 7) is 1.71. The normalized spacial score (nSPS) is 10.6. The van der Waals surface area contributed by atoms with Crippen molar-refractivity contribution < 1.29 is 9.23 Å². The Labute approximate surface area is 70.7 Å². The molecule has 64 valence electrons. The van der Waals surface area contributed by atoms with Gasteiger partial charge < -0.3 is 4.84 Å². The largest absolute Gasteiger partial charge is 0.399 e. The van der Waals surface area contributed by atoms with Crippen LogP contribution in [0.4, 0.5) is 4.39 Å². The predicted octanol–water partition coefficient (Wildman–Crippen LogP) is 2.11. The summed E-state index contributed by atoms with van der Waals surface area (Å²) in [5, 5.41) is 3.57. The Bertz CT molecular complexity index is 297. The second kappa shape index (κ2) is 3.85. The lowest BCUT2D eigenvalue weighted by atomic mass is 10.1. The second-order valence-electron chi connectivity index (χ2n) is 2.43. The minimum atomic E-state index is -0.204. The van der Waals surface area contributed by atoms with Crippen molar-refractivity contribution in [2.45, 2.75) is 6.92 Å². The molecule has 0 amide bonds. The van der Waals surface area contributed by atoms with Crippen LogP contribution in [0.5, 0.6) is 0 Å². The molecule has 0 radical (unpaired) electrons. The first-order valence-electron chi connectivity index (χ1n) is 3.56. The Balaban J connectivity index is 2.89. The third-order valence-corrected chi connectivity index (χ3v) is 1.49. The zero-order chi connectivity index (χ0) is 8.97. The highest BCUT2D eigenvalue weighted by Crippen LogP contribution is 2.07. The number of oxime groups is 1. The van der Waals surface area contributed by atoms with Crippen molar-refractivity contribution >= 4 is 6.21 Å². The topological polar surface area (TPSA) is 21.6 Å². The average Bonchev–Trinajstić information content (AvgIpc) is 2.07. The molecule has 0 atom stereocenters. The lowest BCUT2D eigenvalue weighted by Crippen LogP contribution is -1.86. The van der Waals surface area contributed by atoms with Gasteiger partial charge in [0.2, 0.25) is 0 Å². The zero-order valence-corrected chi connectivity index (χ0v) is 7.04. The number of benzene rings is 1. The van der Waals surface area contributed by atoms with Crippen molar-refractivity contribution in [3.05, 3.63) is 35.1 Å². The quantitative estimate of drug-likeness (QED) is 0.488. The van der Waals surface area contributed by atoms with Gasteiger partial charge in [0.25, 0.3) is 0 Å². The van der Waals surface area contributed by atoms with Crippen molar-refractivity contribution in [2.75, 3.05) is 7.11 Å². The van der Waals surface area contributed by atoms with Crippen molar-refractivity contribution in [1.82, 2.24) is 0 Å². The molecule has 0 fully saturated rings. The highest BCUT2D eigenvalue weighted by molar-refractivity contribution is 5.79. The maximum atomic E-state index is 12.7. The summed E-state index contributed by atoms with van der Waals surface area (Å²) in [7, 11) is 1.47. The molecule has 0 spiro atoms. The SMILES string of the molecule is CO/N=C/c1ccc(F)c(C)c1. The van der Waals surface area contributed by atoms with Crippen LogP contribution in [0.25, 0.3) is 0 Å². The smallest absolute Gasteiger partial charge is 0.126 e. The molecule has 0 bridgehead atoms. The van der Waals surface area contributed by atoms with Crippen LogP contribution in [-0.2, 0) is 4.84 Å². The van der Waals surface area contributed by atoms with Gasteiger partial charge in [-0.1, -0.05) is 11.2 Å². The van der Waals surface area contributed by atoms with E-state index in [2.05, 4.69) is 9.99 Å². The molecule has 3 heteroatoms.